The molecule has 4 rings (SSSR count). The zero-order valence-electron chi connectivity index (χ0n) is 13.4. The number of carbonyl (C=O) groups is 1. The number of benzene rings is 1. The third kappa shape index (κ3) is 3.00. The van der Waals surface area contributed by atoms with Crippen LogP contribution in [0.3, 0.4) is 0 Å². The maximum absolute atomic E-state index is 12.6. The molecule has 3 aromatic rings. The minimum absolute atomic E-state index is 0.108. The zero-order chi connectivity index (χ0) is 18.1. The van der Waals surface area contributed by atoms with Crippen LogP contribution in [0.1, 0.15) is 15.2 Å². The van der Waals surface area contributed by atoms with Gasteiger partial charge in [0.15, 0.2) is 11.5 Å². The van der Waals surface area contributed by atoms with Gasteiger partial charge in [-0.25, -0.2) is 4.79 Å². The van der Waals surface area contributed by atoms with E-state index in [9.17, 15) is 14.4 Å². The molecule has 1 amide bonds. The second-order valence-corrected chi connectivity index (χ2v) is 6.53. The summed E-state index contributed by atoms with van der Waals surface area (Å²) in [5.41, 5.74) is -0.920. The fourth-order valence-corrected chi connectivity index (χ4v) is 3.24. The average Bonchev–Trinajstić information content (AvgIpc) is 3.29. The van der Waals surface area contributed by atoms with Crippen LogP contribution in [0.15, 0.2) is 51.5 Å². The van der Waals surface area contributed by atoms with Crippen LogP contribution in [0, 0.1) is 0 Å². The van der Waals surface area contributed by atoms with Crippen LogP contribution < -0.4 is 26.0 Å². The van der Waals surface area contributed by atoms with Gasteiger partial charge < -0.3 is 19.8 Å². The summed E-state index contributed by atoms with van der Waals surface area (Å²) in [5, 5.41) is 4.48. The summed E-state index contributed by atoms with van der Waals surface area (Å²) in [7, 11) is 0. The average molecular weight is 371 g/mol. The number of amides is 1. The number of hydrogen-bond donors (Lipinski definition) is 2. The number of H-pyrrole nitrogens is 1. The second kappa shape index (κ2) is 6.52. The summed E-state index contributed by atoms with van der Waals surface area (Å²) in [6.07, 6.45) is 1.12. The Balaban J connectivity index is 1.62. The molecule has 0 atom stereocenters. The van der Waals surface area contributed by atoms with E-state index in [1.165, 1.54) is 11.3 Å². The summed E-state index contributed by atoms with van der Waals surface area (Å²) in [6.45, 7) is 0.233. The van der Waals surface area contributed by atoms with E-state index < -0.39 is 17.2 Å². The van der Waals surface area contributed by atoms with Crippen LogP contribution in [0.5, 0.6) is 11.5 Å². The number of nitrogens with one attached hydrogen (secondary N) is 2. The van der Waals surface area contributed by atoms with Gasteiger partial charge in [0.25, 0.3) is 11.5 Å². The number of anilines is 1. The van der Waals surface area contributed by atoms with Crippen molar-refractivity contribution in [3.05, 3.63) is 73.2 Å². The molecule has 0 saturated carbocycles. The number of aromatic nitrogens is 2. The van der Waals surface area contributed by atoms with E-state index >= 15 is 0 Å². The van der Waals surface area contributed by atoms with Crippen LogP contribution in [0.2, 0.25) is 0 Å². The molecule has 1 aliphatic heterocycles. The number of ether oxygens (including phenoxy) is 2. The highest BCUT2D eigenvalue weighted by molar-refractivity contribution is 7.09. The Kier molecular flexibility index (Phi) is 4.05. The lowest BCUT2D eigenvalue weighted by Crippen LogP contribution is -2.39. The zero-order valence-corrected chi connectivity index (χ0v) is 14.2. The maximum Gasteiger partial charge on any atom is 0.328 e. The molecule has 0 saturated heterocycles. The summed E-state index contributed by atoms with van der Waals surface area (Å²) in [4.78, 5) is 40.3. The fourth-order valence-electron chi connectivity index (χ4n) is 2.55. The topological polar surface area (TPSA) is 102 Å². The molecular formula is C17H13N3O5S. The minimum Gasteiger partial charge on any atom is -0.454 e. The van der Waals surface area contributed by atoms with Crippen molar-refractivity contribution in [3.8, 4) is 11.5 Å². The second-order valence-electron chi connectivity index (χ2n) is 5.50. The van der Waals surface area contributed by atoms with Crippen molar-refractivity contribution in [1.82, 2.24) is 9.55 Å². The lowest BCUT2D eigenvalue weighted by atomic mass is 10.2. The van der Waals surface area contributed by atoms with Crippen LogP contribution >= 0.6 is 11.3 Å². The first-order valence-corrected chi connectivity index (χ1v) is 8.56. The van der Waals surface area contributed by atoms with Gasteiger partial charge in [-0.05, 0) is 23.6 Å². The Morgan fingerprint density at radius 3 is 2.88 bits per heavy atom. The van der Waals surface area contributed by atoms with Gasteiger partial charge in [0.2, 0.25) is 6.79 Å². The smallest absolute Gasteiger partial charge is 0.328 e. The van der Waals surface area contributed by atoms with Gasteiger partial charge in [0.1, 0.15) is 5.56 Å². The molecule has 0 radical (unpaired) electrons. The molecule has 3 heterocycles. The Hall–Kier alpha value is -3.33. The minimum atomic E-state index is -0.652. The molecule has 0 unspecified atom stereocenters. The van der Waals surface area contributed by atoms with Crippen LogP contribution in [0.4, 0.5) is 5.69 Å². The van der Waals surface area contributed by atoms with E-state index in [1.54, 1.807) is 18.2 Å². The van der Waals surface area contributed by atoms with Gasteiger partial charge in [-0.1, -0.05) is 6.07 Å². The highest BCUT2D eigenvalue weighted by atomic mass is 32.1. The van der Waals surface area contributed by atoms with Crippen LogP contribution in [-0.2, 0) is 6.54 Å². The van der Waals surface area contributed by atoms with E-state index in [0.29, 0.717) is 17.2 Å². The van der Waals surface area contributed by atoms with E-state index in [4.69, 9.17) is 9.47 Å². The number of rotatable bonds is 4. The number of thiophene rings is 1. The highest BCUT2D eigenvalue weighted by Gasteiger charge is 2.18. The van der Waals surface area contributed by atoms with Crippen LogP contribution in [0.25, 0.3) is 0 Å². The molecule has 9 heteroatoms. The summed E-state index contributed by atoms with van der Waals surface area (Å²) in [5.74, 6) is 0.481. The van der Waals surface area contributed by atoms with Gasteiger partial charge in [0, 0.05) is 22.8 Å². The molecular weight excluding hydrogens is 358 g/mol. The lowest BCUT2D eigenvalue weighted by molar-refractivity contribution is 0.102. The molecule has 2 aromatic heterocycles. The fraction of sp³-hybridized carbons (Fsp3) is 0.118. The Morgan fingerprint density at radius 2 is 2.08 bits per heavy atom. The van der Waals surface area contributed by atoms with Crippen LogP contribution in [-0.4, -0.2) is 22.3 Å². The summed E-state index contributed by atoms with van der Waals surface area (Å²) < 4.78 is 11.5. The monoisotopic (exact) mass is 371 g/mol. The van der Waals surface area contributed by atoms with E-state index in [0.717, 1.165) is 15.6 Å². The van der Waals surface area contributed by atoms with Gasteiger partial charge in [-0.3, -0.25) is 14.2 Å². The first-order valence-electron chi connectivity index (χ1n) is 7.68. The number of fused-ring (bicyclic) bond motifs is 1. The Morgan fingerprint density at radius 1 is 1.23 bits per heavy atom. The standard InChI is InChI=1S/C17H13N3O5S/c21-15(19-10-3-4-13-14(6-10)25-9-24-13)12-7-18-17(23)20(16(12)22)8-11-2-1-5-26-11/h1-7H,8-9H2,(H,18,23)(H,19,21). The molecule has 0 spiro atoms. The maximum atomic E-state index is 12.6. The largest absolute Gasteiger partial charge is 0.454 e. The molecule has 0 bridgehead atoms. The SMILES string of the molecule is O=C(Nc1ccc2c(c1)OCO2)c1c[nH]c(=O)n(Cc2cccs2)c1=O. The van der Waals surface area contributed by atoms with Crippen molar-refractivity contribution in [2.75, 3.05) is 12.1 Å². The van der Waals surface area contributed by atoms with E-state index in [1.807, 2.05) is 17.5 Å². The van der Waals surface area contributed by atoms with E-state index in [2.05, 4.69) is 10.3 Å². The predicted octanol–water partition coefficient (Wildman–Crippen LogP) is 1.63. The number of carbonyl (C=O) groups excluding carboxylic acids is 1. The van der Waals surface area contributed by atoms with Crippen molar-refractivity contribution in [1.29, 1.82) is 0 Å². The normalized spacial score (nSPS) is 12.2. The summed E-state index contributed by atoms with van der Waals surface area (Å²) >= 11 is 1.42. The summed E-state index contributed by atoms with van der Waals surface area (Å²) in [6, 6.07) is 8.56. The van der Waals surface area contributed by atoms with Crippen molar-refractivity contribution < 1.29 is 14.3 Å². The number of nitrogens with zero attached hydrogens (tertiary/aromatic N) is 1. The van der Waals surface area contributed by atoms with Crippen molar-refractivity contribution in [3.63, 3.8) is 0 Å². The molecule has 1 aliphatic rings. The van der Waals surface area contributed by atoms with Crippen molar-refractivity contribution in [2.24, 2.45) is 0 Å². The van der Waals surface area contributed by atoms with Gasteiger partial charge >= 0.3 is 5.69 Å². The Bertz CT molecular complexity index is 1080. The van der Waals surface area contributed by atoms with Gasteiger partial charge in [0.05, 0.1) is 6.54 Å². The molecule has 2 N–H and O–H groups in total. The molecule has 0 fully saturated rings. The number of hydrogen-bond acceptors (Lipinski definition) is 6. The molecule has 8 nitrogen and oxygen atoms in total. The lowest BCUT2D eigenvalue weighted by Gasteiger charge is -2.08. The molecule has 1 aromatic carbocycles. The first-order chi connectivity index (χ1) is 12.6. The Labute approximate surface area is 150 Å². The third-order valence-electron chi connectivity index (χ3n) is 3.83. The van der Waals surface area contributed by atoms with E-state index in [-0.39, 0.29) is 18.9 Å². The first kappa shape index (κ1) is 16.2. The van der Waals surface area contributed by atoms with Crippen molar-refractivity contribution in [2.45, 2.75) is 6.54 Å². The van der Waals surface area contributed by atoms with Gasteiger partial charge in [-0.2, -0.15) is 0 Å². The highest BCUT2D eigenvalue weighted by Crippen LogP contribution is 2.34. The predicted molar refractivity (Wildman–Crippen MR) is 95.3 cm³/mol. The molecule has 0 aliphatic carbocycles. The molecule has 132 valence electrons. The molecule has 26 heavy (non-hydrogen) atoms. The van der Waals surface area contributed by atoms with Gasteiger partial charge in [-0.15, -0.1) is 11.3 Å². The number of aromatic amines is 1. The van der Waals surface area contributed by atoms with Crippen molar-refractivity contribution >= 4 is 22.9 Å². The quantitative estimate of drug-likeness (QED) is 0.726. The third-order valence-corrected chi connectivity index (χ3v) is 4.69.